The fourth-order valence-electron chi connectivity index (χ4n) is 2.94. The molecule has 1 amide bonds. The van der Waals surface area contributed by atoms with E-state index >= 15 is 0 Å². The number of rotatable bonds is 7. The number of carbonyl (C=O) groups excluding carboxylic acids is 1. The highest BCUT2D eigenvalue weighted by molar-refractivity contribution is 8.03. The first-order valence-corrected chi connectivity index (χ1v) is 10.7. The van der Waals surface area contributed by atoms with Crippen molar-refractivity contribution in [1.29, 1.82) is 10.5 Å². The second-order valence-corrected chi connectivity index (χ2v) is 8.53. The molecular weight excluding hydrogens is 454 g/mol. The quantitative estimate of drug-likeness (QED) is 0.157. The van der Waals surface area contributed by atoms with Crippen molar-refractivity contribution in [2.75, 3.05) is 10.6 Å². The summed E-state index contributed by atoms with van der Waals surface area (Å²) < 4.78 is 0. The SMILES string of the molecule is Cc1ccc(NC(=O)c2cccc(C(C)(C)C#N)c2)cc1Nc1ncc([N+](=O)[O-])c(SC#N)n1. The molecule has 0 fully saturated rings. The first-order chi connectivity index (χ1) is 16.1. The lowest BCUT2D eigenvalue weighted by Crippen LogP contribution is -2.17. The maximum absolute atomic E-state index is 12.8. The van der Waals surface area contributed by atoms with Gasteiger partial charge in [0.15, 0.2) is 5.03 Å². The topological polar surface area (TPSA) is 158 Å². The molecule has 0 radical (unpaired) electrons. The minimum atomic E-state index is -0.731. The molecule has 0 aliphatic heterocycles. The Kier molecular flexibility index (Phi) is 7.09. The Bertz CT molecular complexity index is 1360. The first-order valence-electron chi connectivity index (χ1n) is 9.93. The van der Waals surface area contributed by atoms with E-state index in [4.69, 9.17) is 5.26 Å². The molecule has 1 heterocycles. The van der Waals surface area contributed by atoms with Crippen LogP contribution in [-0.4, -0.2) is 20.8 Å². The Labute approximate surface area is 199 Å². The number of anilines is 3. The zero-order valence-corrected chi connectivity index (χ0v) is 19.3. The van der Waals surface area contributed by atoms with E-state index in [0.29, 0.717) is 28.7 Å². The molecule has 11 heteroatoms. The minimum absolute atomic E-state index is 0.0707. The van der Waals surface area contributed by atoms with Gasteiger partial charge in [0, 0.05) is 28.7 Å². The van der Waals surface area contributed by atoms with Crippen molar-refractivity contribution in [1.82, 2.24) is 9.97 Å². The molecule has 0 atom stereocenters. The van der Waals surface area contributed by atoms with E-state index < -0.39 is 10.3 Å². The van der Waals surface area contributed by atoms with E-state index in [9.17, 15) is 20.2 Å². The molecule has 0 unspecified atom stereocenters. The van der Waals surface area contributed by atoms with Crippen molar-refractivity contribution in [3.63, 3.8) is 0 Å². The van der Waals surface area contributed by atoms with Crippen LogP contribution in [-0.2, 0) is 5.41 Å². The largest absolute Gasteiger partial charge is 0.324 e. The number of nitriles is 2. The maximum atomic E-state index is 12.8. The fourth-order valence-corrected chi connectivity index (χ4v) is 3.39. The van der Waals surface area contributed by atoms with Crippen LogP contribution in [0.1, 0.15) is 35.3 Å². The second-order valence-electron chi connectivity index (χ2n) is 7.76. The third-order valence-corrected chi connectivity index (χ3v) is 5.53. The molecule has 0 spiro atoms. The number of aryl methyl sites for hydroxylation is 1. The van der Waals surface area contributed by atoms with Crippen LogP contribution in [0.4, 0.5) is 23.0 Å². The van der Waals surface area contributed by atoms with Crippen molar-refractivity contribution >= 4 is 40.7 Å². The second kappa shape index (κ2) is 9.98. The molecule has 1 aromatic heterocycles. The van der Waals surface area contributed by atoms with Crippen molar-refractivity contribution in [3.05, 3.63) is 75.5 Å². The summed E-state index contributed by atoms with van der Waals surface area (Å²) in [5, 5.41) is 36.9. The number of nitrogens with one attached hydrogen (secondary N) is 2. The molecule has 0 saturated carbocycles. The van der Waals surface area contributed by atoms with E-state index in [1.807, 2.05) is 6.92 Å². The summed E-state index contributed by atoms with van der Waals surface area (Å²) in [7, 11) is 0. The van der Waals surface area contributed by atoms with Gasteiger partial charge in [-0.3, -0.25) is 14.9 Å². The first kappa shape index (κ1) is 24.2. The summed E-state index contributed by atoms with van der Waals surface area (Å²) in [6, 6.07) is 14.3. The summed E-state index contributed by atoms with van der Waals surface area (Å²) in [5.41, 5.74) is 1.92. The molecule has 0 aliphatic rings. The van der Waals surface area contributed by atoms with E-state index in [1.54, 1.807) is 61.7 Å². The number of thioether (sulfide) groups is 1. The van der Waals surface area contributed by atoms with Gasteiger partial charge in [0.1, 0.15) is 11.6 Å². The van der Waals surface area contributed by atoms with Gasteiger partial charge < -0.3 is 10.6 Å². The Morgan fingerprint density at radius 3 is 2.65 bits per heavy atom. The highest BCUT2D eigenvalue weighted by Crippen LogP contribution is 2.29. The van der Waals surface area contributed by atoms with E-state index in [-0.39, 0.29) is 22.6 Å². The van der Waals surface area contributed by atoms with Gasteiger partial charge >= 0.3 is 5.69 Å². The summed E-state index contributed by atoms with van der Waals surface area (Å²) in [5.74, 6) is -0.272. The molecule has 10 nitrogen and oxygen atoms in total. The molecule has 2 N–H and O–H groups in total. The van der Waals surface area contributed by atoms with E-state index in [2.05, 4.69) is 26.7 Å². The molecule has 34 heavy (non-hydrogen) atoms. The normalized spacial score (nSPS) is 10.6. The molecule has 3 rings (SSSR count). The van der Waals surface area contributed by atoms with Crippen LogP contribution >= 0.6 is 11.8 Å². The lowest BCUT2D eigenvalue weighted by Gasteiger charge is -2.17. The van der Waals surface area contributed by atoms with E-state index in [1.165, 1.54) is 0 Å². The third kappa shape index (κ3) is 5.46. The van der Waals surface area contributed by atoms with Gasteiger partial charge in [0.25, 0.3) is 5.91 Å². The van der Waals surface area contributed by atoms with Crippen LogP contribution in [0.15, 0.2) is 53.7 Å². The lowest BCUT2D eigenvalue weighted by atomic mass is 9.85. The molecule has 0 bridgehead atoms. The van der Waals surface area contributed by atoms with Crippen LogP contribution in [0.5, 0.6) is 0 Å². The molecule has 2 aromatic carbocycles. The predicted octanol–water partition coefficient (Wildman–Crippen LogP) is 5.06. The molecular formula is C23H19N7O3S. The highest BCUT2D eigenvalue weighted by atomic mass is 32.2. The average Bonchev–Trinajstić information content (AvgIpc) is 2.81. The zero-order chi connectivity index (χ0) is 24.9. The van der Waals surface area contributed by atoms with Crippen LogP contribution in [0.2, 0.25) is 0 Å². The van der Waals surface area contributed by atoms with Gasteiger partial charge in [-0.15, -0.1) is 0 Å². The average molecular weight is 474 g/mol. The van der Waals surface area contributed by atoms with Gasteiger partial charge in [-0.05, 0) is 56.2 Å². The Morgan fingerprint density at radius 1 is 1.21 bits per heavy atom. The Morgan fingerprint density at radius 2 is 1.97 bits per heavy atom. The maximum Gasteiger partial charge on any atom is 0.320 e. The van der Waals surface area contributed by atoms with Crippen molar-refractivity contribution in [2.45, 2.75) is 31.2 Å². The third-order valence-electron chi connectivity index (χ3n) is 4.94. The molecule has 3 aromatic rings. The number of nitrogens with zero attached hydrogens (tertiary/aromatic N) is 5. The van der Waals surface area contributed by atoms with E-state index in [0.717, 1.165) is 17.3 Å². The van der Waals surface area contributed by atoms with Crippen LogP contribution in [0.25, 0.3) is 0 Å². The lowest BCUT2D eigenvalue weighted by molar-refractivity contribution is -0.388. The summed E-state index contributed by atoms with van der Waals surface area (Å²) in [6.45, 7) is 5.39. The van der Waals surface area contributed by atoms with Crippen molar-refractivity contribution in [3.8, 4) is 11.5 Å². The predicted molar refractivity (Wildman–Crippen MR) is 128 cm³/mol. The monoisotopic (exact) mass is 473 g/mol. The summed E-state index contributed by atoms with van der Waals surface area (Å²) in [6.07, 6.45) is 1.03. The minimum Gasteiger partial charge on any atom is -0.324 e. The van der Waals surface area contributed by atoms with Crippen molar-refractivity contribution < 1.29 is 9.72 Å². The number of aromatic nitrogens is 2. The van der Waals surface area contributed by atoms with Gasteiger partial charge in [-0.1, -0.05) is 18.2 Å². The Balaban J connectivity index is 1.84. The number of amides is 1. The summed E-state index contributed by atoms with van der Waals surface area (Å²) >= 11 is 0.568. The molecule has 0 saturated heterocycles. The van der Waals surface area contributed by atoms with Gasteiger partial charge in [-0.25, -0.2) is 4.98 Å². The zero-order valence-electron chi connectivity index (χ0n) is 18.5. The highest BCUT2D eigenvalue weighted by Gasteiger charge is 2.21. The number of nitro groups is 1. The Hall–Kier alpha value is -4.48. The summed E-state index contributed by atoms with van der Waals surface area (Å²) in [4.78, 5) is 31.3. The van der Waals surface area contributed by atoms with Crippen molar-refractivity contribution in [2.24, 2.45) is 0 Å². The van der Waals surface area contributed by atoms with Gasteiger partial charge in [0.05, 0.1) is 16.4 Å². The van der Waals surface area contributed by atoms with Crippen LogP contribution < -0.4 is 10.6 Å². The number of thiocyanates is 1. The standard InChI is InChI=1S/C23H19N7O3S/c1-14-7-8-17(27-20(31)15-5-4-6-16(9-15)23(2,3)12-24)10-18(14)28-22-26-11-19(30(32)33)21(29-22)34-13-25/h4-11H,1-3H3,(H,27,31)(H,26,28,29). The number of hydrogen-bond acceptors (Lipinski definition) is 9. The van der Waals surface area contributed by atoms with Crippen LogP contribution in [0, 0.1) is 39.0 Å². The van der Waals surface area contributed by atoms with Gasteiger partial charge in [0.2, 0.25) is 5.95 Å². The smallest absolute Gasteiger partial charge is 0.320 e. The van der Waals surface area contributed by atoms with Gasteiger partial charge in [-0.2, -0.15) is 15.5 Å². The number of benzene rings is 2. The molecule has 0 aliphatic carbocycles. The fraction of sp³-hybridized carbons (Fsp3) is 0.174. The van der Waals surface area contributed by atoms with Crippen LogP contribution in [0.3, 0.4) is 0 Å². The number of hydrogen-bond donors (Lipinski definition) is 2. The molecule has 170 valence electrons. The number of carbonyl (C=O) groups is 1.